The molecule has 0 aliphatic rings. The van der Waals surface area contributed by atoms with Crippen LogP contribution in [0.15, 0.2) is 6.20 Å². The molecule has 0 amide bonds. The SMILES string of the molecule is CC(C)c1ncc(CCC(=O)O)c(Cl)n1. The average molecular weight is 229 g/mol. The number of carbonyl (C=O) groups is 1. The number of aromatic nitrogens is 2. The molecule has 5 heteroatoms. The Balaban J connectivity index is 2.79. The lowest BCUT2D eigenvalue weighted by Crippen LogP contribution is -2.03. The third-order valence-corrected chi connectivity index (χ3v) is 2.28. The number of hydrogen-bond donors (Lipinski definition) is 1. The Bertz CT molecular complexity index is 366. The van der Waals surface area contributed by atoms with Crippen molar-refractivity contribution in [3.8, 4) is 0 Å². The molecule has 0 radical (unpaired) electrons. The van der Waals surface area contributed by atoms with Gasteiger partial charge in [0.1, 0.15) is 11.0 Å². The maximum atomic E-state index is 10.4. The first-order chi connectivity index (χ1) is 7.00. The topological polar surface area (TPSA) is 63.1 Å². The Morgan fingerprint density at radius 1 is 1.60 bits per heavy atom. The van der Waals surface area contributed by atoms with E-state index in [1.54, 1.807) is 6.20 Å². The zero-order chi connectivity index (χ0) is 11.4. The predicted molar refractivity (Wildman–Crippen MR) is 57.1 cm³/mol. The van der Waals surface area contributed by atoms with E-state index in [0.717, 1.165) is 0 Å². The van der Waals surface area contributed by atoms with Gasteiger partial charge in [-0.25, -0.2) is 9.97 Å². The van der Waals surface area contributed by atoms with Gasteiger partial charge < -0.3 is 5.11 Å². The van der Waals surface area contributed by atoms with Gasteiger partial charge in [-0.2, -0.15) is 0 Å². The molecule has 15 heavy (non-hydrogen) atoms. The van der Waals surface area contributed by atoms with E-state index in [4.69, 9.17) is 16.7 Å². The van der Waals surface area contributed by atoms with Crippen LogP contribution < -0.4 is 0 Å². The van der Waals surface area contributed by atoms with Crippen molar-refractivity contribution in [2.45, 2.75) is 32.6 Å². The fourth-order valence-electron chi connectivity index (χ4n) is 1.09. The van der Waals surface area contributed by atoms with Gasteiger partial charge in [-0.15, -0.1) is 0 Å². The minimum Gasteiger partial charge on any atom is -0.481 e. The third kappa shape index (κ3) is 3.47. The molecule has 4 nitrogen and oxygen atoms in total. The van der Waals surface area contributed by atoms with E-state index in [-0.39, 0.29) is 12.3 Å². The highest BCUT2D eigenvalue weighted by atomic mass is 35.5. The quantitative estimate of drug-likeness (QED) is 0.803. The molecule has 0 aliphatic carbocycles. The highest BCUT2D eigenvalue weighted by molar-refractivity contribution is 6.30. The summed E-state index contributed by atoms with van der Waals surface area (Å²) < 4.78 is 0. The van der Waals surface area contributed by atoms with Crippen LogP contribution in [0.3, 0.4) is 0 Å². The molecule has 0 atom stereocenters. The van der Waals surface area contributed by atoms with E-state index in [2.05, 4.69) is 9.97 Å². The molecular weight excluding hydrogens is 216 g/mol. The lowest BCUT2D eigenvalue weighted by Gasteiger charge is -2.06. The first kappa shape index (κ1) is 11.9. The third-order valence-electron chi connectivity index (χ3n) is 1.95. The fourth-order valence-corrected chi connectivity index (χ4v) is 1.32. The molecule has 0 saturated carbocycles. The minimum atomic E-state index is -0.848. The van der Waals surface area contributed by atoms with Crippen LogP contribution in [0.25, 0.3) is 0 Å². The number of aryl methyl sites for hydroxylation is 1. The van der Waals surface area contributed by atoms with Crippen molar-refractivity contribution < 1.29 is 9.90 Å². The van der Waals surface area contributed by atoms with Crippen LogP contribution in [0.1, 0.15) is 37.6 Å². The fraction of sp³-hybridized carbons (Fsp3) is 0.500. The van der Waals surface area contributed by atoms with Crippen molar-refractivity contribution >= 4 is 17.6 Å². The molecule has 1 heterocycles. The van der Waals surface area contributed by atoms with Crippen molar-refractivity contribution in [2.75, 3.05) is 0 Å². The van der Waals surface area contributed by atoms with Crippen molar-refractivity contribution in [1.82, 2.24) is 9.97 Å². The zero-order valence-corrected chi connectivity index (χ0v) is 9.45. The van der Waals surface area contributed by atoms with Crippen LogP contribution in [0.5, 0.6) is 0 Å². The molecule has 0 saturated heterocycles. The first-order valence-electron chi connectivity index (χ1n) is 4.73. The van der Waals surface area contributed by atoms with E-state index in [0.29, 0.717) is 23.0 Å². The molecule has 1 rings (SSSR count). The highest BCUT2D eigenvalue weighted by Gasteiger charge is 2.09. The lowest BCUT2D eigenvalue weighted by molar-refractivity contribution is -0.136. The molecule has 0 aromatic carbocycles. The first-order valence-corrected chi connectivity index (χ1v) is 5.11. The monoisotopic (exact) mass is 228 g/mol. The Morgan fingerprint density at radius 2 is 2.27 bits per heavy atom. The van der Waals surface area contributed by atoms with Gasteiger partial charge in [0.25, 0.3) is 0 Å². The van der Waals surface area contributed by atoms with E-state index >= 15 is 0 Å². The normalized spacial score (nSPS) is 10.7. The molecule has 0 fully saturated rings. The predicted octanol–water partition coefficient (Wildman–Crippen LogP) is 2.27. The van der Waals surface area contributed by atoms with Gasteiger partial charge in [0.2, 0.25) is 0 Å². The van der Waals surface area contributed by atoms with Crippen LogP contribution >= 0.6 is 11.6 Å². The summed E-state index contributed by atoms with van der Waals surface area (Å²) in [6.45, 7) is 3.95. The molecule has 1 N–H and O–H groups in total. The summed E-state index contributed by atoms with van der Waals surface area (Å²) in [7, 11) is 0. The standard InChI is InChI=1S/C10H13ClN2O2/c1-6(2)10-12-5-7(9(11)13-10)3-4-8(14)15/h5-6H,3-4H2,1-2H3,(H,14,15). The van der Waals surface area contributed by atoms with E-state index in [1.165, 1.54) is 0 Å². The van der Waals surface area contributed by atoms with Crippen LogP contribution in [0, 0.1) is 0 Å². The number of aliphatic carboxylic acids is 1. The molecular formula is C10H13ClN2O2. The molecule has 1 aromatic heterocycles. The Morgan fingerprint density at radius 3 is 2.73 bits per heavy atom. The number of carboxylic acids is 1. The molecule has 0 bridgehead atoms. The summed E-state index contributed by atoms with van der Waals surface area (Å²) >= 11 is 5.91. The number of nitrogens with zero attached hydrogens (tertiary/aromatic N) is 2. The zero-order valence-electron chi connectivity index (χ0n) is 8.70. The summed E-state index contributed by atoms with van der Waals surface area (Å²) in [6.07, 6.45) is 2.02. The van der Waals surface area contributed by atoms with Gasteiger partial charge in [0, 0.05) is 24.1 Å². The second-order valence-corrected chi connectivity index (χ2v) is 3.95. The second-order valence-electron chi connectivity index (χ2n) is 3.59. The minimum absolute atomic E-state index is 0.0457. The van der Waals surface area contributed by atoms with Crippen molar-refractivity contribution in [2.24, 2.45) is 0 Å². The van der Waals surface area contributed by atoms with Gasteiger partial charge in [0.15, 0.2) is 0 Å². The number of rotatable bonds is 4. The van der Waals surface area contributed by atoms with Crippen LogP contribution in [0.2, 0.25) is 5.15 Å². The van der Waals surface area contributed by atoms with Gasteiger partial charge in [0.05, 0.1) is 0 Å². The summed E-state index contributed by atoms with van der Waals surface area (Å²) in [5, 5.41) is 8.88. The average Bonchev–Trinajstić information content (AvgIpc) is 2.15. The molecule has 0 aliphatic heterocycles. The molecule has 0 unspecified atom stereocenters. The second kappa shape index (κ2) is 5.07. The Kier molecular flexibility index (Phi) is 4.03. The summed E-state index contributed by atoms with van der Waals surface area (Å²) in [4.78, 5) is 18.6. The lowest BCUT2D eigenvalue weighted by atomic mass is 10.1. The molecule has 0 spiro atoms. The summed E-state index contributed by atoms with van der Waals surface area (Å²) in [5.74, 6) is 0.0501. The van der Waals surface area contributed by atoms with Crippen LogP contribution in [0.4, 0.5) is 0 Å². The Labute approximate surface area is 93.3 Å². The molecule has 1 aromatic rings. The van der Waals surface area contributed by atoms with Gasteiger partial charge >= 0.3 is 5.97 Å². The number of hydrogen-bond acceptors (Lipinski definition) is 3. The largest absolute Gasteiger partial charge is 0.481 e. The van der Waals surface area contributed by atoms with Gasteiger partial charge in [-0.05, 0) is 6.42 Å². The Hall–Kier alpha value is -1.16. The van der Waals surface area contributed by atoms with Crippen molar-refractivity contribution in [1.29, 1.82) is 0 Å². The maximum Gasteiger partial charge on any atom is 0.303 e. The van der Waals surface area contributed by atoms with Crippen LogP contribution in [-0.4, -0.2) is 21.0 Å². The van der Waals surface area contributed by atoms with Crippen molar-refractivity contribution in [3.63, 3.8) is 0 Å². The van der Waals surface area contributed by atoms with Gasteiger partial charge in [-0.3, -0.25) is 4.79 Å². The van der Waals surface area contributed by atoms with Crippen molar-refractivity contribution in [3.05, 3.63) is 22.7 Å². The smallest absolute Gasteiger partial charge is 0.303 e. The van der Waals surface area contributed by atoms with Crippen LogP contribution in [-0.2, 0) is 11.2 Å². The summed E-state index contributed by atoms with van der Waals surface area (Å²) in [5.41, 5.74) is 0.684. The summed E-state index contributed by atoms with van der Waals surface area (Å²) in [6, 6.07) is 0. The van der Waals surface area contributed by atoms with E-state index < -0.39 is 5.97 Å². The van der Waals surface area contributed by atoms with E-state index in [9.17, 15) is 4.79 Å². The van der Waals surface area contributed by atoms with Gasteiger partial charge in [-0.1, -0.05) is 25.4 Å². The number of carboxylic acid groups (broad SMARTS) is 1. The van der Waals surface area contributed by atoms with E-state index in [1.807, 2.05) is 13.8 Å². The maximum absolute atomic E-state index is 10.4. The molecule has 82 valence electrons. The number of halogens is 1. The highest BCUT2D eigenvalue weighted by Crippen LogP contribution is 2.17.